The molecule has 1 aliphatic carbocycles. The van der Waals surface area contributed by atoms with Crippen LogP contribution in [0.4, 0.5) is 5.82 Å². The van der Waals surface area contributed by atoms with E-state index in [2.05, 4.69) is 21.4 Å². The predicted molar refractivity (Wildman–Crippen MR) is 112 cm³/mol. The molecule has 2 atom stereocenters. The number of halogens is 1. The molecule has 0 aliphatic heterocycles. The standard InChI is InChI=1S/C22H16ClN5O/c1-28-5-3-16-15(2-4-25-21(16)28)12-6-13-9-20(26-11-18(13)19(23)8-12)27-22(29)17-7-14(17)10-24/h2-6,8-9,11,14,17H,7H2,1H3,(H,26,27,29)/t14-,17+/m0/s1. The van der Waals surface area contributed by atoms with Gasteiger partial charge in [-0.1, -0.05) is 11.6 Å². The van der Waals surface area contributed by atoms with E-state index in [9.17, 15) is 4.79 Å². The van der Waals surface area contributed by atoms with Crippen LogP contribution in [0.3, 0.4) is 0 Å². The van der Waals surface area contributed by atoms with Crippen molar-refractivity contribution in [2.75, 3.05) is 5.32 Å². The van der Waals surface area contributed by atoms with Crippen LogP contribution < -0.4 is 5.32 Å². The van der Waals surface area contributed by atoms with Crippen molar-refractivity contribution in [1.82, 2.24) is 14.5 Å². The maximum Gasteiger partial charge on any atom is 0.230 e. The second-order valence-corrected chi connectivity index (χ2v) is 7.75. The molecule has 0 saturated heterocycles. The molecule has 142 valence electrons. The lowest BCUT2D eigenvalue weighted by atomic mass is 10.0. The fourth-order valence-electron chi connectivity index (χ4n) is 3.70. The van der Waals surface area contributed by atoms with Gasteiger partial charge in [0.05, 0.1) is 22.9 Å². The summed E-state index contributed by atoms with van der Waals surface area (Å²) in [5.41, 5.74) is 2.91. The van der Waals surface area contributed by atoms with Crippen LogP contribution in [0.25, 0.3) is 32.9 Å². The van der Waals surface area contributed by atoms with Crippen molar-refractivity contribution < 1.29 is 4.79 Å². The number of nitrogens with one attached hydrogen (secondary N) is 1. The Morgan fingerprint density at radius 2 is 2.14 bits per heavy atom. The molecule has 3 heterocycles. The first kappa shape index (κ1) is 17.7. The van der Waals surface area contributed by atoms with E-state index >= 15 is 0 Å². The first-order chi connectivity index (χ1) is 14.0. The van der Waals surface area contributed by atoms with Gasteiger partial charge < -0.3 is 9.88 Å². The Balaban J connectivity index is 1.56. The minimum absolute atomic E-state index is 0.161. The molecule has 0 radical (unpaired) electrons. The minimum atomic E-state index is -0.240. The highest BCUT2D eigenvalue weighted by Crippen LogP contribution is 2.39. The monoisotopic (exact) mass is 401 g/mol. The van der Waals surface area contributed by atoms with E-state index in [-0.39, 0.29) is 17.7 Å². The highest BCUT2D eigenvalue weighted by Gasteiger charge is 2.43. The summed E-state index contributed by atoms with van der Waals surface area (Å²) < 4.78 is 1.98. The van der Waals surface area contributed by atoms with Crippen molar-refractivity contribution in [2.45, 2.75) is 6.42 Å². The van der Waals surface area contributed by atoms with Crippen molar-refractivity contribution in [1.29, 1.82) is 5.26 Å². The summed E-state index contributed by atoms with van der Waals surface area (Å²) in [4.78, 5) is 21.0. The molecule has 1 saturated carbocycles. The molecule has 1 amide bonds. The fraction of sp³-hybridized carbons (Fsp3) is 0.182. The number of anilines is 1. The second kappa shape index (κ2) is 6.57. The van der Waals surface area contributed by atoms with Gasteiger partial charge >= 0.3 is 0 Å². The van der Waals surface area contributed by atoms with Gasteiger partial charge in [-0.25, -0.2) is 9.97 Å². The van der Waals surface area contributed by atoms with E-state index in [0.717, 1.165) is 32.9 Å². The van der Waals surface area contributed by atoms with E-state index in [1.54, 1.807) is 12.4 Å². The number of pyridine rings is 2. The zero-order valence-corrected chi connectivity index (χ0v) is 16.3. The summed E-state index contributed by atoms with van der Waals surface area (Å²) in [6.45, 7) is 0. The molecule has 6 nitrogen and oxygen atoms in total. The highest BCUT2D eigenvalue weighted by molar-refractivity contribution is 6.36. The van der Waals surface area contributed by atoms with Gasteiger partial charge in [-0.15, -0.1) is 0 Å². The molecular formula is C22H16ClN5O. The third kappa shape index (κ3) is 3.00. The smallest absolute Gasteiger partial charge is 0.230 e. The normalized spacial score (nSPS) is 18.0. The number of aromatic nitrogens is 3. The molecule has 1 aliphatic rings. The number of hydrogen-bond donors (Lipinski definition) is 1. The maximum absolute atomic E-state index is 12.2. The number of rotatable bonds is 3. The van der Waals surface area contributed by atoms with Crippen LogP contribution in [-0.2, 0) is 11.8 Å². The van der Waals surface area contributed by atoms with E-state index in [4.69, 9.17) is 16.9 Å². The zero-order valence-electron chi connectivity index (χ0n) is 15.6. The molecule has 0 bridgehead atoms. The molecule has 0 spiro atoms. The number of fused-ring (bicyclic) bond motifs is 2. The van der Waals surface area contributed by atoms with Crippen LogP contribution in [0.2, 0.25) is 5.02 Å². The van der Waals surface area contributed by atoms with Crippen LogP contribution in [0.1, 0.15) is 6.42 Å². The Hall–Kier alpha value is -3.43. The molecule has 1 fully saturated rings. The molecule has 0 unspecified atom stereocenters. The SMILES string of the molecule is Cn1ccc2c(-c3cc(Cl)c4cnc(NC(=O)[C@@H]5C[C@H]5C#N)cc4c3)ccnc21. The van der Waals surface area contributed by atoms with E-state index in [1.807, 2.05) is 48.1 Å². The average molecular weight is 402 g/mol. The average Bonchev–Trinajstić information content (AvgIpc) is 3.43. The van der Waals surface area contributed by atoms with Crippen LogP contribution in [-0.4, -0.2) is 20.4 Å². The third-order valence-corrected chi connectivity index (χ3v) is 5.72. The van der Waals surface area contributed by atoms with E-state index < -0.39 is 0 Å². The summed E-state index contributed by atoms with van der Waals surface area (Å²) in [6, 6.07) is 11.9. The number of hydrogen-bond acceptors (Lipinski definition) is 4. The molecule has 1 N–H and O–H groups in total. The number of amides is 1. The second-order valence-electron chi connectivity index (χ2n) is 7.34. The van der Waals surface area contributed by atoms with E-state index in [0.29, 0.717) is 17.3 Å². The molecule has 4 aromatic rings. The van der Waals surface area contributed by atoms with Crippen LogP contribution >= 0.6 is 11.6 Å². The van der Waals surface area contributed by atoms with Gasteiger partial charge in [-0.2, -0.15) is 5.26 Å². The van der Waals surface area contributed by atoms with Crippen LogP contribution in [0.5, 0.6) is 0 Å². The molecule has 29 heavy (non-hydrogen) atoms. The summed E-state index contributed by atoms with van der Waals surface area (Å²) in [7, 11) is 1.96. The topological polar surface area (TPSA) is 83.6 Å². The summed E-state index contributed by atoms with van der Waals surface area (Å²) in [5.74, 6) is -0.128. The highest BCUT2D eigenvalue weighted by atomic mass is 35.5. The lowest BCUT2D eigenvalue weighted by Gasteiger charge is -2.10. The van der Waals surface area contributed by atoms with Gasteiger partial charge in [-0.05, 0) is 53.3 Å². The lowest BCUT2D eigenvalue weighted by molar-refractivity contribution is -0.117. The molecular weight excluding hydrogens is 386 g/mol. The first-order valence-electron chi connectivity index (χ1n) is 9.25. The number of nitriles is 1. The van der Waals surface area contributed by atoms with Crippen molar-refractivity contribution in [3.63, 3.8) is 0 Å². The van der Waals surface area contributed by atoms with Crippen molar-refractivity contribution in [3.8, 4) is 17.2 Å². The van der Waals surface area contributed by atoms with Crippen LogP contribution in [0.15, 0.2) is 48.9 Å². The van der Waals surface area contributed by atoms with Gasteiger partial charge in [0.1, 0.15) is 11.5 Å². The molecule has 5 rings (SSSR count). The Labute approximate surface area is 171 Å². The number of carbonyl (C=O) groups excluding carboxylic acids is 1. The fourth-order valence-corrected chi connectivity index (χ4v) is 3.98. The van der Waals surface area contributed by atoms with Gasteiger partial charge in [0.25, 0.3) is 0 Å². The molecule has 3 aromatic heterocycles. The summed E-state index contributed by atoms with van der Waals surface area (Å²) in [6.07, 6.45) is 6.04. The summed E-state index contributed by atoms with van der Waals surface area (Å²) in [5, 5.41) is 15.1. The van der Waals surface area contributed by atoms with Gasteiger partial charge in [0, 0.05) is 36.4 Å². The Bertz CT molecular complexity index is 1340. The number of aryl methyl sites for hydroxylation is 1. The van der Waals surface area contributed by atoms with Crippen molar-refractivity contribution >= 4 is 45.1 Å². The Morgan fingerprint density at radius 3 is 2.93 bits per heavy atom. The van der Waals surface area contributed by atoms with Gasteiger partial charge in [-0.3, -0.25) is 4.79 Å². The minimum Gasteiger partial charge on any atom is -0.336 e. The summed E-state index contributed by atoms with van der Waals surface area (Å²) >= 11 is 6.54. The van der Waals surface area contributed by atoms with Crippen LogP contribution in [0, 0.1) is 23.2 Å². The number of nitrogens with zero attached hydrogens (tertiary/aromatic N) is 4. The van der Waals surface area contributed by atoms with Gasteiger partial charge in [0.2, 0.25) is 5.91 Å². The molecule has 7 heteroatoms. The lowest BCUT2D eigenvalue weighted by Crippen LogP contribution is -2.15. The number of carbonyl (C=O) groups is 1. The quantitative estimate of drug-likeness (QED) is 0.546. The van der Waals surface area contributed by atoms with E-state index in [1.165, 1.54) is 0 Å². The maximum atomic E-state index is 12.2. The van der Waals surface area contributed by atoms with Crippen molar-refractivity contribution in [3.05, 3.63) is 53.9 Å². The number of benzene rings is 1. The van der Waals surface area contributed by atoms with Crippen molar-refractivity contribution in [2.24, 2.45) is 18.9 Å². The Morgan fingerprint density at radius 1 is 1.28 bits per heavy atom. The first-order valence-corrected chi connectivity index (χ1v) is 9.63. The van der Waals surface area contributed by atoms with Gasteiger partial charge in [0.15, 0.2) is 0 Å². The zero-order chi connectivity index (χ0) is 20.1. The predicted octanol–water partition coefficient (Wildman–Crippen LogP) is 4.54. The largest absolute Gasteiger partial charge is 0.336 e. The third-order valence-electron chi connectivity index (χ3n) is 5.41. The Kier molecular flexibility index (Phi) is 4.00. The molecule has 1 aromatic carbocycles.